The molecule has 2 heteroatoms. The molecule has 1 saturated heterocycles. The zero-order chi connectivity index (χ0) is 11.2. The summed E-state index contributed by atoms with van der Waals surface area (Å²) in [5.41, 5.74) is 1.29. The summed E-state index contributed by atoms with van der Waals surface area (Å²) >= 11 is 0. The number of piperidine rings is 1. The third-order valence-corrected chi connectivity index (χ3v) is 3.52. The van der Waals surface area contributed by atoms with Crippen LogP contribution in [0.1, 0.15) is 44.2 Å². The van der Waals surface area contributed by atoms with Crippen LogP contribution in [-0.4, -0.2) is 29.5 Å². The molecule has 1 aliphatic rings. The maximum Gasteiger partial charge on any atom is 0.0435 e. The Morgan fingerprint density at radius 3 is 2.75 bits per heavy atom. The Labute approximate surface area is 98.7 Å². The predicted octanol–water partition coefficient (Wildman–Crippen LogP) is 3.06. The second-order valence-corrected chi connectivity index (χ2v) is 4.72. The van der Waals surface area contributed by atoms with Crippen LogP contribution < -0.4 is 0 Å². The van der Waals surface area contributed by atoms with Crippen LogP contribution in [0.15, 0.2) is 24.4 Å². The molecule has 0 aromatic carbocycles. The highest BCUT2D eigenvalue weighted by Crippen LogP contribution is 2.26. The van der Waals surface area contributed by atoms with Crippen LogP contribution in [0.5, 0.6) is 0 Å². The molecule has 0 radical (unpaired) electrons. The fraction of sp³-hybridized carbons (Fsp3) is 0.643. The Morgan fingerprint density at radius 2 is 2.12 bits per heavy atom. The average molecular weight is 218 g/mol. The minimum absolute atomic E-state index is 0.694. The topological polar surface area (TPSA) is 16.1 Å². The Kier molecular flexibility index (Phi) is 4.34. The van der Waals surface area contributed by atoms with Gasteiger partial charge in [-0.25, -0.2) is 0 Å². The first-order chi connectivity index (χ1) is 7.90. The number of unbranched alkanes of at least 4 members (excludes halogenated alkanes) is 1. The number of nitrogens with zero attached hydrogens (tertiary/aromatic N) is 2. The summed E-state index contributed by atoms with van der Waals surface area (Å²) in [7, 11) is 0. The monoisotopic (exact) mass is 218 g/mol. The predicted molar refractivity (Wildman–Crippen MR) is 67.6 cm³/mol. The minimum atomic E-state index is 0.694. The highest BCUT2D eigenvalue weighted by molar-refractivity contribution is 5.10. The molecule has 1 aromatic heterocycles. The maximum atomic E-state index is 4.47. The minimum Gasteiger partial charge on any atom is -0.303 e. The van der Waals surface area contributed by atoms with E-state index in [0.717, 1.165) is 0 Å². The quantitative estimate of drug-likeness (QED) is 0.772. The smallest absolute Gasteiger partial charge is 0.0435 e. The summed E-state index contributed by atoms with van der Waals surface area (Å²) in [6.07, 6.45) is 7.12. The van der Waals surface area contributed by atoms with Gasteiger partial charge in [0.1, 0.15) is 0 Å². The molecule has 0 unspecified atom stereocenters. The molecule has 0 spiro atoms. The van der Waals surface area contributed by atoms with E-state index in [4.69, 9.17) is 0 Å². The first kappa shape index (κ1) is 11.6. The lowest BCUT2D eigenvalue weighted by molar-refractivity contribution is 0.208. The number of hydrogen-bond donors (Lipinski definition) is 0. The molecule has 0 saturated carbocycles. The highest BCUT2D eigenvalue weighted by Gasteiger charge is 2.20. The number of hydrogen-bond acceptors (Lipinski definition) is 2. The van der Waals surface area contributed by atoms with Gasteiger partial charge in [-0.2, -0.15) is 0 Å². The van der Waals surface area contributed by atoms with E-state index in [9.17, 15) is 0 Å². The third kappa shape index (κ3) is 3.05. The maximum absolute atomic E-state index is 4.47. The summed E-state index contributed by atoms with van der Waals surface area (Å²) in [5, 5.41) is 0. The first-order valence-corrected chi connectivity index (χ1v) is 6.53. The Balaban J connectivity index is 1.81. The van der Waals surface area contributed by atoms with Crippen LogP contribution >= 0.6 is 0 Å². The number of likely N-dealkylation sites (tertiary alicyclic amines) is 1. The summed E-state index contributed by atoms with van der Waals surface area (Å²) in [4.78, 5) is 7.07. The fourth-order valence-electron chi connectivity index (χ4n) is 2.45. The lowest BCUT2D eigenvalue weighted by atomic mass is 9.93. The van der Waals surface area contributed by atoms with E-state index in [2.05, 4.69) is 28.9 Å². The van der Waals surface area contributed by atoms with E-state index >= 15 is 0 Å². The van der Waals surface area contributed by atoms with Crippen molar-refractivity contribution in [2.24, 2.45) is 0 Å². The van der Waals surface area contributed by atoms with E-state index < -0.39 is 0 Å². The second-order valence-electron chi connectivity index (χ2n) is 4.72. The first-order valence-electron chi connectivity index (χ1n) is 6.53. The molecule has 0 aliphatic carbocycles. The molecule has 1 aliphatic heterocycles. The van der Waals surface area contributed by atoms with E-state index in [0.29, 0.717) is 5.92 Å². The van der Waals surface area contributed by atoms with Crippen molar-refractivity contribution in [3.8, 4) is 0 Å². The van der Waals surface area contributed by atoms with Crippen LogP contribution in [0.3, 0.4) is 0 Å². The van der Waals surface area contributed by atoms with Crippen molar-refractivity contribution >= 4 is 0 Å². The van der Waals surface area contributed by atoms with Crippen molar-refractivity contribution in [1.29, 1.82) is 0 Å². The summed E-state index contributed by atoms with van der Waals surface area (Å²) in [5.74, 6) is 0.694. The normalized spacial score (nSPS) is 18.8. The van der Waals surface area contributed by atoms with Crippen molar-refractivity contribution in [1.82, 2.24) is 9.88 Å². The molecule has 88 valence electrons. The van der Waals surface area contributed by atoms with Crippen molar-refractivity contribution in [3.05, 3.63) is 30.1 Å². The summed E-state index contributed by atoms with van der Waals surface area (Å²) in [6, 6.07) is 6.28. The van der Waals surface area contributed by atoms with E-state index in [1.807, 2.05) is 12.3 Å². The van der Waals surface area contributed by atoms with Gasteiger partial charge in [0.25, 0.3) is 0 Å². The van der Waals surface area contributed by atoms with Crippen molar-refractivity contribution < 1.29 is 0 Å². The molecule has 16 heavy (non-hydrogen) atoms. The molecule has 0 bridgehead atoms. The van der Waals surface area contributed by atoms with Gasteiger partial charge in [0.15, 0.2) is 0 Å². The molecule has 1 fully saturated rings. The van der Waals surface area contributed by atoms with Gasteiger partial charge in [0, 0.05) is 17.8 Å². The molecule has 2 heterocycles. The summed E-state index contributed by atoms with van der Waals surface area (Å²) in [6.45, 7) is 6.05. The van der Waals surface area contributed by atoms with Crippen LogP contribution in [0.2, 0.25) is 0 Å². The van der Waals surface area contributed by atoms with Crippen molar-refractivity contribution in [2.45, 2.75) is 38.5 Å². The zero-order valence-electron chi connectivity index (χ0n) is 10.2. The molecule has 0 amide bonds. The molecule has 1 aromatic rings. The molecular weight excluding hydrogens is 196 g/mol. The van der Waals surface area contributed by atoms with E-state index in [1.54, 1.807) is 0 Å². The lowest BCUT2D eigenvalue weighted by Crippen LogP contribution is -2.33. The molecule has 2 nitrogen and oxygen atoms in total. The summed E-state index contributed by atoms with van der Waals surface area (Å²) < 4.78 is 0. The SMILES string of the molecule is CCCCN1CCC(c2ccccn2)CC1. The van der Waals surface area contributed by atoms with Gasteiger partial charge in [0.05, 0.1) is 0 Å². The van der Waals surface area contributed by atoms with Gasteiger partial charge < -0.3 is 4.90 Å². The molecule has 2 rings (SSSR count). The third-order valence-electron chi connectivity index (χ3n) is 3.52. The van der Waals surface area contributed by atoms with Gasteiger partial charge >= 0.3 is 0 Å². The number of rotatable bonds is 4. The van der Waals surface area contributed by atoms with Gasteiger partial charge in [-0.05, 0) is 51.0 Å². The Hall–Kier alpha value is -0.890. The number of aromatic nitrogens is 1. The largest absolute Gasteiger partial charge is 0.303 e. The molecular formula is C14H22N2. The Bertz CT molecular complexity index is 289. The van der Waals surface area contributed by atoms with Crippen LogP contribution in [-0.2, 0) is 0 Å². The number of pyridine rings is 1. The molecule has 0 atom stereocenters. The van der Waals surface area contributed by atoms with Crippen LogP contribution in [0.4, 0.5) is 0 Å². The van der Waals surface area contributed by atoms with Gasteiger partial charge in [-0.15, -0.1) is 0 Å². The van der Waals surface area contributed by atoms with E-state index in [-0.39, 0.29) is 0 Å². The highest BCUT2D eigenvalue weighted by atomic mass is 15.1. The average Bonchev–Trinajstić information content (AvgIpc) is 2.38. The van der Waals surface area contributed by atoms with Crippen molar-refractivity contribution in [2.75, 3.05) is 19.6 Å². The van der Waals surface area contributed by atoms with Gasteiger partial charge in [0.2, 0.25) is 0 Å². The molecule has 0 N–H and O–H groups in total. The van der Waals surface area contributed by atoms with Crippen molar-refractivity contribution in [3.63, 3.8) is 0 Å². The Morgan fingerprint density at radius 1 is 1.31 bits per heavy atom. The lowest BCUT2D eigenvalue weighted by Gasteiger charge is -2.31. The fourth-order valence-corrected chi connectivity index (χ4v) is 2.45. The van der Waals surface area contributed by atoms with Crippen LogP contribution in [0.25, 0.3) is 0 Å². The van der Waals surface area contributed by atoms with Crippen LogP contribution in [0, 0.1) is 0 Å². The standard InChI is InChI=1S/C14H22N2/c1-2-3-10-16-11-7-13(8-12-16)14-6-4-5-9-15-14/h4-6,9,13H,2-3,7-8,10-12H2,1H3. The zero-order valence-corrected chi connectivity index (χ0v) is 10.2. The van der Waals surface area contributed by atoms with Gasteiger partial charge in [-0.3, -0.25) is 4.98 Å². The second kappa shape index (κ2) is 6.00. The van der Waals surface area contributed by atoms with Gasteiger partial charge in [-0.1, -0.05) is 19.4 Å². The van der Waals surface area contributed by atoms with E-state index in [1.165, 1.54) is 51.0 Å².